The van der Waals surface area contributed by atoms with Gasteiger partial charge in [-0.2, -0.15) is 0 Å². The molecule has 2 aromatic rings. The van der Waals surface area contributed by atoms with Crippen molar-refractivity contribution in [3.8, 4) is 0 Å². The standard InChI is InChI=1S/C23H24ClNO3/c1-4-28-23(27)22-16(3)25(14-17-9-7-8-15(2)12-17)21(26)13-19(22)18-10-5-6-11-20(18)24/h5-12,19H,4,13-14H2,1-3H3/t19-/m0/s1. The van der Waals surface area contributed by atoms with E-state index in [1.54, 1.807) is 17.9 Å². The minimum Gasteiger partial charge on any atom is -0.463 e. The van der Waals surface area contributed by atoms with Crippen LogP contribution in [0.15, 0.2) is 59.8 Å². The highest BCUT2D eigenvalue weighted by Gasteiger charge is 2.37. The van der Waals surface area contributed by atoms with Crippen molar-refractivity contribution in [3.05, 3.63) is 81.5 Å². The molecule has 146 valence electrons. The molecule has 0 aromatic heterocycles. The number of allylic oxidation sites excluding steroid dienone is 1. The number of rotatable bonds is 5. The quantitative estimate of drug-likeness (QED) is 0.667. The Morgan fingerprint density at radius 2 is 1.93 bits per heavy atom. The molecule has 0 saturated carbocycles. The summed E-state index contributed by atoms with van der Waals surface area (Å²) in [7, 11) is 0. The fourth-order valence-corrected chi connectivity index (χ4v) is 3.96. The first-order chi connectivity index (χ1) is 13.4. The number of benzene rings is 2. The van der Waals surface area contributed by atoms with Crippen LogP contribution in [0.3, 0.4) is 0 Å². The zero-order valence-electron chi connectivity index (χ0n) is 16.4. The molecule has 1 amide bonds. The molecule has 0 saturated heterocycles. The lowest BCUT2D eigenvalue weighted by atomic mass is 9.83. The average molecular weight is 398 g/mol. The van der Waals surface area contributed by atoms with Crippen LogP contribution in [0.25, 0.3) is 0 Å². The number of hydrogen-bond acceptors (Lipinski definition) is 3. The molecule has 0 spiro atoms. The van der Waals surface area contributed by atoms with Crippen LogP contribution >= 0.6 is 11.6 Å². The number of carbonyl (C=O) groups excluding carboxylic acids is 2. The summed E-state index contributed by atoms with van der Waals surface area (Å²) in [6.45, 7) is 6.29. The summed E-state index contributed by atoms with van der Waals surface area (Å²) in [6.07, 6.45) is 0.182. The SMILES string of the molecule is CCOC(=O)C1=C(C)N(Cc2cccc(C)c2)C(=O)C[C@H]1c1ccccc1Cl. The Bertz CT molecular complexity index is 935. The summed E-state index contributed by atoms with van der Waals surface area (Å²) in [4.78, 5) is 27.5. The first-order valence-corrected chi connectivity index (χ1v) is 9.78. The summed E-state index contributed by atoms with van der Waals surface area (Å²) < 4.78 is 5.32. The molecule has 0 fully saturated rings. The van der Waals surface area contributed by atoms with Crippen LogP contribution in [-0.2, 0) is 20.9 Å². The second kappa shape index (κ2) is 8.61. The molecule has 4 nitrogen and oxygen atoms in total. The number of nitrogens with zero attached hydrogens (tertiary/aromatic N) is 1. The summed E-state index contributed by atoms with van der Waals surface area (Å²) >= 11 is 6.38. The van der Waals surface area contributed by atoms with Gasteiger partial charge in [0.05, 0.1) is 18.7 Å². The zero-order valence-corrected chi connectivity index (χ0v) is 17.1. The van der Waals surface area contributed by atoms with Crippen LogP contribution in [0.2, 0.25) is 5.02 Å². The number of esters is 1. The van der Waals surface area contributed by atoms with Crippen molar-refractivity contribution in [2.24, 2.45) is 0 Å². The molecule has 1 heterocycles. The highest BCUT2D eigenvalue weighted by Crippen LogP contribution is 2.40. The Morgan fingerprint density at radius 1 is 1.18 bits per heavy atom. The Labute approximate surface area is 170 Å². The van der Waals surface area contributed by atoms with Crippen LogP contribution in [-0.4, -0.2) is 23.4 Å². The molecule has 0 unspecified atom stereocenters. The number of hydrogen-bond donors (Lipinski definition) is 0. The lowest BCUT2D eigenvalue weighted by Crippen LogP contribution is -2.38. The molecule has 5 heteroatoms. The molecule has 2 aromatic carbocycles. The maximum absolute atomic E-state index is 13.0. The predicted molar refractivity (Wildman–Crippen MR) is 110 cm³/mol. The maximum atomic E-state index is 13.0. The molecule has 0 aliphatic carbocycles. The van der Waals surface area contributed by atoms with E-state index in [1.807, 2.05) is 56.3 Å². The van der Waals surface area contributed by atoms with Gasteiger partial charge in [0.2, 0.25) is 5.91 Å². The lowest BCUT2D eigenvalue weighted by molar-refractivity contribution is -0.140. The largest absolute Gasteiger partial charge is 0.463 e. The maximum Gasteiger partial charge on any atom is 0.336 e. The van der Waals surface area contributed by atoms with Crippen LogP contribution in [0.4, 0.5) is 0 Å². The van der Waals surface area contributed by atoms with Crippen LogP contribution in [0.5, 0.6) is 0 Å². The lowest BCUT2D eigenvalue weighted by Gasteiger charge is -2.34. The van der Waals surface area contributed by atoms with Gasteiger partial charge >= 0.3 is 5.97 Å². The van der Waals surface area contributed by atoms with E-state index in [1.165, 1.54) is 0 Å². The second-order valence-electron chi connectivity index (χ2n) is 6.97. The average Bonchev–Trinajstić information content (AvgIpc) is 2.65. The first-order valence-electron chi connectivity index (χ1n) is 9.40. The third-order valence-corrected chi connectivity index (χ3v) is 5.37. The van der Waals surface area contributed by atoms with Gasteiger partial charge in [0.25, 0.3) is 0 Å². The first kappa shape index (κ1) is 20.2. The van der Waals surface area contributed by atoms with Gasteiger partial charge in [-0.05, 0) is 38.0 Å². The highest BCUT2D eigenvalue weighted by atomic mass is 35.5. The summed E-state index contributed by atoms with van der Waals surface area (Å²) in [5.74, 6) is -0.836. The number of ether oxygens (including phenoxy) is 1. The van der Waals surface area contributed by atoms with E-state index in [-0.39, 0.29) is 18.9 Å². The van der Waals surface area contributed by atoms with Crippen molar-refractivity contribution < 1.29 is 14.3 Å². The van der Waals surface area contributed by atoms with Gasteiger partial charge in [0, 0.05) is 23.1 Å². The molecule has 0 radical (unpaired) electrons. The van der Waals surface area contributed by atoms with Crippen molar-refractivity contribution >= 4 is 23.5 Å². The molecule has 3 rings (SSSR count). The van der Waals surface area contributed by atoms with E-state index in [0.29, 0.717) is 22.8 Å². The van der Waals surface area contributed by atoms with Gasteiger partial charge < -0.3 is 9.64 Å². The number of amides is 1. The molecule has 0 bridgehead atoms. The number of carbonyl (C=O) groups is 2. The third kappa shape index (κ3) is 4.12. The highest BCUT2D eigenvalue weighted by molar-refractivity contribution is 6.31. The van der Waals surface area contributed by atoms with E-state index < -0.39 is 11.9 Å². The predicted octanol–water partition coefficient (Wildman–Crippen LogP) is 5.00. The van der Waals surface area contributed by atoms with Crippen molar-refractivity contribution in [2.75, 3.05) is 6.61 Å². The third-order valence-electron chi connectivity index (χ3n) is 5.02. The van der Waals surface area contributed by atoms with E-state index in [9.17, 15) is 9.59 Å². The van der Waals surface area contributed by atoms with Crippen LogP contribution in [0.1, 0.15) is 42.9 Å². The van der Waals surface area contributed by atoms with E-state index in [2.05, 4.69) is 0 Å². The molecule has 1 aliphatic rings. The summed E-state index contributed by atoms with van der Waals surface area (Å²) in [6, 6.07) is 15.4. The van der Waals surface area contributed by atoms with E-state index in [4.69, 9.17) is 16.3 Å². The van der Waals surface area contributed by atoms with Crippen molar-refractivity contribution in [3.63, 3.8) is 0 Å². The zero-order chi connectivity index (χ0) is 20.3. The van der Waals surface area contributed by atoms with Gasteiger partial charge in [0.1, 0.15) is 0 Å². The van der Waals surface area contributed by atoms with Crippen molar-refractivity contribution in [1.82, 2.24) is 4.90 Å². The Hall–Kier alpha value is -2.59. The van der Waals surface area contributed by atoms with Crippen LogP contribution < -0.4 is 0 Å². The van der Waals surface area contributed by atoms with Gasteiger partial charge in [-0.25, -0.2) is 4.79 Å². The van der Waals surface area contributed by atoms with Gasteiger partial charge in [-0.1, -0.05) is 59.6 Å². The molecule has 0 N–H and O–H groups in total. The number of halogens is 1. The monoisotopic (exact) mass is 397 g/mol. The minimum atomic E-state index is -0.408. The molecule has 1 aliphatic heterocycles. The Kier molecular flexibility index (Phi) is 6.20. The minimum absolute atomic E-state index is 0.0306. The smallest absolute Gasteiger partial charge is 0.336 e. The Morgan fingerprint density at radius 3 is 2.61 bits per heavy atom. The fourth-order valence-electron chi connectivity index (χ4n) is 3.69. The normalized spacial score (nSPS) is 17.1. The topological polar surface area (TPSA) is 46.6 Å². The Balaban J connectivity index is 2.05. The van der Waals surface area contributed by atoms with Gasteiger partial charge in [-0.15, -0.1) is 0 Å². The van der Waals surface area contributed by atoms with Gasteiger partial charge in [-0.3, -0.25) is 4.79 Å². The molecule has 28 heavy (non-hydrogen) atoms. The summed E-state index contributed by atoms with van der Waals surface area (Å²) in [5, 5.41) is 0.544. The number of aryl methyl sites for hydroxylation is 1. The van der Waals surface area contributed by atoms with Crippen LogP contribution in [0, 0.1) is 6.92 Å². The van der Waals surface area contributed by atoms with E-state index >= 15 is 0 Å². The van der Waals surface area contributed by atoms with Crippen molar-refractivity contribution in [2.45, 2.75) is 39.7 Å². The molecular formula is C23H24ClNO3. The molecular weight excluding hydrogens is 374 g/mol. The fraction of sp³-hybridized carbons (Fsp3) is 0.304. The van der Waals surface area contributed by atoms with Gasteiger partial charge in [0.15, 0.2) is 0 Å². The second-order valence-corrected chi connectivity index (χ2v) is 7.37. The van der Waals surface area contributed by atoms with Crippen molar-refractivity contribution in [1.29, 1.82) is 0 Å². The summed E-state index contributed by atoms with van der Waals surface area (Å²) in [5.41, 5.74) is 4.05. The van der Waals surface area contributed by atoms with E-state index in [0.717, 1.165) is 16.7 Å². The molecule has 1 atom stereocenters.